The third-order valence-corrected chi connectivity index (χ3v) is 9.70. The molecule has 0 radical (unpaired) electrons. The number of hydrogen-bond acceptors (Lipinski definition) is 6. The molecule has 0 saturated heterocycles. The highest BCUT2D eigenvalue weighted by molar-refractivity contribution is 9.10. The first-order valence-corrected chi connectivity index (χ1v) is 16.0. The molecule has 0 spiro atoms. The van der Waals surface area contributed by atoms with Gasteiger partial charge < -0.3 is 19.7 Å². The number of ether oxygens (including phenoxy) is 2. The quantitative estimate of drug-likeness (QED) is 0.289. The summed E-state index contributed by atoms with van der Waals surface area (Å²) in [6.45, 7) is 1.29. The van der Waals surface area contributed by atoms with Gasteiger partial charge in [-0.25, -0.2) is 8.42 Å². The highest BCUT2D eigenvalue weighted by Crippen LogP contribution is 2.32. The maximum absolute atomic E-state index is 14.1. The van der Waals surface area contributed by atoms with Crippen LogP contribution in [0.5, 0.6) is 11.5 Å². The topological polar surface area (TPSA) is 105 Å². The predicted octanol–water partition coefficient (Wildman–Crippen LogP) is 5.14. The fraction of sp³-hybridized carbons (Fsp3) is 0.355. The number of para-hydroxylation sites is 1. The van der Waals surface area contributed by atoms with Crippen molar-refractivity contribution in [2.24, 2.45) is 0 Å². The minimum Gasteiger partial charge on any atom is -0.493 e. The van der Waals surface area contributed by atoms with Crippen LogP contribution in [0.25, 0.3) is 0 Å². The molecule has 1 fully saturated rings. The number of carbonyl (C=O) groups excluding carboxylic acids is 2. The minimum atomic E-state index is -4.24. The molecule has 224 valence electrons. The maximum Gasteiger partial charge on any atom is 0.264 e. The largest absolute Gasteiger partial charge is 0.493 e. The van der Waals surface area contributed by atoms with E-state index in [1.165, 1.54) is 37.3 Å². The lowest BCUT2D eigenvalue weighted by Crippen LogP contribution is -2.52. The first-order chi connectivity index (χ1) is 20.1. The molecule has 1 aliphatic carbocycles. The number of rotatable bonds is 12. The SMILES string of the molecule is COc1ccc(S(=O)(=O)N(CC(=O)N(Cc2ccc(Br)cc2)C(C)C(=O)NC2CCCC2)c2ccccc2)cc1OC. The van der Waals surface area contributed by atoms with Gasteiger partial charge in [-0.15, -0.1) is 0 Å². The van der Waals surface area contributed by atoms with Crippen LogP contribution in [-0.2, 0) is 26.2 Å². The minimum absolute atomic E-state index is 0.0664. The predicted molar refractivity (Wildman–Crippen MR) is 165 cm³/mol. The van der Waals surface area contributed by atoms with Crippen LogP contribution in [0.2, 0.25) is 0 Å². The summed E-state index contributed by atoms with van der Waals surface area (Å²) < 4.78 is 40.7. The second-order valence-corrected chi connectivity index (χ2v) is 13.0. The van der Waals surface area contributed by atoms with E-state index in [0.717, 1.165) is 40.0 Å². The van der Waals surface area contributed by atoms with Crippen LogP contribution in [-0.4, -0.2) is 58.0 Å². The number of hydrogen-bond donors (Lipinski definition) is 1. The monoisotopic (exact) mass is 657 g/mol. The number of anilines is 1. The van der Waals surface area contributed by atoms with Crippen LogP contribution in [0.4, 0.5) is 5.69 Å². The van der Waals surface area contributed by atoms with E-state index in [1.807, 2.05) is 24.3 Å². The summed E-state index contributed by atoms with van der Waals surface area (Å²) in [5.74, 6) is -0.158. The van der Waals surface area contributed by atoms with Gasteiger partial charge >= 0.3 is 0 Å². The van der Waals surface area contributed by atoms with Crippen molar-refractivity contribution in [1.29, 1.82) is 0 Å². The van der Waals surface area contributed by atoms with Crippen molar-refractivity contribution in [2.75, 3.05) is 25.1 Å². The Labute approximate surface area is 256 Å². The zero-order valence-electron chi connectivity index (χ0n) is 24.0. The zero-order valence-corrected chi connectivity index (χ0v) is 26.4. The van der Waals surface area contributed by atoms with Gasteiger partial charge in [0.2, 0.25) is 11.8 Å². The molecule has 11 heteroatoms. The standard InChI is InChI=1S/C31H36BrN3O6S/c1-22(31(37)33-25-9-7-8-10-25)34(20-23-13-15-24(32)16-14-23)30(36)21-35(26-11-5-4-6-12-26)42(38,39)27-17-18-28(40-2)29(19-27)41-3/h4-6,11-19,22,25H,7-10,20-21H2,1-3H3,(H,33,37). The number of nitrogens with zero attached hydrogens (tertiary/aromatic N) is 2. The lowest BCUT2D eigenvalue weighted by molar-refractivity contribution is -0.139. The van der Waals surface area contributed by atoms with E-state index in [-0.39, 0.29) is 29.1 Å². The van der Waals surface area contributed by atoms with Crippen LogP contribution < -0.4 is 19.1 Å². The Morgan fingerprint density at radius 3 is 2.21 bits per heavy atom. The Morgan fingerprint density at radius 2 is 1.60 bits per heavy atom. The number of amides is 2. The van der Waals surface area contributed by atoms with E-state index in [4.69, 9.17) is 9.47 Å². The molecule has 2 amide bonds. The van der Waals surface area contributed by atoms with Gasteiger partial charge in [0.25, 0.3) is 10.0 Å². The first-order valence-electron chi connectivity index (χ1n) is 13.8. The van der Waals surface area contributed by atoms with E-state index >= 15 is 0 Å². The van der Waals surface area contributed by atoms with Gasteiger partial charge in [-0.2, -0.15) is 0 Å². The third-order valence-electron chi connectivity index (χ3n) is 7.40. The lowest BCUT2D eigenvalue weighted by atomic mass is 10.1. The normalized spacial score (nSPS) is 14.2. The van der Waals surface area contributed by atoms with Crippen molar-refractivity contribution in [3.05, 3.63) is 82.8 Å². The fourth-order valence-corrected chi connectivity index (χ4v) is 6.68. The third kappa shape index (κ3) is 7.43. The van der Waals surface area contributed by atoms with Crippen LogP contribution in [0, 0.1) is 0 Å². The molecule has 1 aliphatic rings. The average Bonchev–Trinajstić information content (AvgIpc) is 3.52. The molecule has 3 aromatic carbocycles. The van der Waals surface area contributed by atoms with Crippen LogP contribution in [0.15, 0.2) is 82.2 Å². The molecular formula is C31H36BrN3O6S. The molecule has 1 N–H and O–H groups in total. The summed E-state index contributed by atoms with van der Waals surface area (Å²) in [7, 11) is -1.36. The Hall–Kier alpha value is -3.57. The fourth-order valence-electron chi connectivity index (χ4n) is 4.99. The van der Waals surface area contributed by atoms with Crippen molar-refractivity contribution in [1.82, 2.24) is 10.2 Å². The number of nitrogens with one attached hydrogen (secondary N) is 1. The molecule has 0 aliphatic heterocycles. The first kappa shape index (κ1) is 31.4. The van der Waals surface area contributed by atoms with E-state index in [9.17, 15) is 18.0 Å². The van der Waals surface area contributed by atoms with Crippen molar-refractivity contribution in [2.45, 2.75) is 56.1 Å². The highest BCUT2D eigenvalue weighted by atomic mass is 79.9. The molecule has 0 heterocycles. The maximum atomic E-state index is 14.1. The lowest BCUT2D eigenvalue weighted by Gasteiger charge is -2.32. The Morgan fingerprint density at radius 1 is 0.952 bits per heavy atom. The molecule has 1 unspecified atom stereocenters. The van der Waals surface area contributed by atoms with Crippen molar-refractivity contribution in [3.63, 3.8) is 0 Å². The molecule has 0 aromatic heterocycles. The van der Waals surface area contributed by atoms with E-state index in [2.05, 4.69) is 21.2 Å². The second-order valence-electron chi connectivity index (χ2n) is 10.2. The summed E-state index contributed by atoms with van der Waals surface area (Å²) in [5.41, 5.74) is 1.12. The molecule has 9 nitrogen and oxygen atoms in total. The number of sulfonamides is 1. The molecule has 4 rings (SSSR count). The molecule has 0 bridgehead atoms. The molecule has 42 heavy (non-hydrogen) atoms. The number of methoxy groups -OCH3 is 2. The van der Waals surface area contributed by atoms with Gasteiger partial charge in [-0.05, 0) is 61.7 Å². The Balaban J connectivity index is 1.69. The molecule has 1 atom stereocenters. The summed E-state index contributed by atoms with van der Waals surface area (Å²) in [5, 5.41) is 3.08. The Bertz CT molecular complexity index is 1480. The van der Waals surface area contributed by atoms with Gasteiger partial charge in [-0.1, -0.05) is 59.1 Å². The molecule has 1 saturated carbocycles. The van der Waals surface area contributed by atoms with Gasteiger partial charge in [0.05, 0.1) is 24.8 Å². The number of carbonyl (C=O) groups is 2. The van der Waals surface area contributed by atoms with Crippen LogP contribution in [0.3, 0.4) is 0 Å². The zero-order chi connectivity index (χ0) is 30.3. The van der Waals surface area contributed by atoms with E-state index in [0.29, 0.717) is 11.4 Å². The van der Waals surface area contributed by atoms with Gasteiger partial charge in [0.1, 0.15) is 12.6 Å². The van der Waals surface area contributed by atoms with E-state index in [1.54, 1.807) is 37.3 Å². The van der Waals surface area contributed by atoms with Gasteiger partial charge in [-0.3, -0.25) is 13.9 Å². The van der Waals surface area contributed by atoms with Gasteiger partial charge in [0, 0.05) is 23.1 Å². The van der Waals surface area contributed by atoms with Gasteiger partial charge in [0.15, 0.2) is 11.5 Å². The van der Waals surface area contributed by atoms with Crippen LogP contribution >= 0.6 is 15.9 Å². The summed E-state index contributed by atoms with van der Waals surface area (Å²) in [6.07, 6.45) is 3.93. The van der Waals surface area contributed by atoms with Crippen molar-refractivity contribution in [3.8, 4) is 11.5 Å². The van der Waals surface area contributed by atoms with Crippen molar-refractivity contribution < 1.29 is 27.5 Å². The second kappa shape index (κ2) is 14.1. The van der Waals surface area contributed by atoms with E-state index < -0.39 is 28.5 Å². The summed E-state index contributed by atoms with van der Waals surface area (Å²) in [6, 6.07) is 19.4. The van der Waals surface area contributed by atoms with Crippen molar-refractivity contribution >= 4 is 43.5 Å². The summed E-state index contributed by atoms with van der Waals surface area (Å²) in [4.78, 5) is 28.8. The van der Waals surface area contributed by atoms with Crippen LogP contribution in [0.1, 0.15) is 38.2 Å². The number of halogens is 1. The summed E-state index contributed by atoms with van der Waals surface area (Å²) >= 11 is 3.43. The molecular weight excluding hydrogens is 622 g/mol. The highest BCUT2D eigenvalue weighted by Gasteiger charge is 2.33. The smallest absolute Gasteiger partial charge is 0.264 e. The Kier molecular flexibility index (Phi) is 10.5. The molecule has 3 aromatic rings. The average molecular weight is 659 g/mol. The number of benzene rings is 3.